The highest BCUT2D eigenvalue weighted by Gasteiger charge is 2.17. The Morgan fingerprint density at radius 1 is 1.15 bits per heavy atom. The van der Waals surface area contributed by atoms with Crippen LogP contribution in [-0.2, 0) is 4.74 Å². The van der Waals surface area contributed by atoms with E-state index in [0.717, 1.165) is 19.3 Å². The van der Waals surface area contributed by atoms with Crippen molar-refractivity contribution in [2.45, 2.75) is 59.2 Å². The van der Waals surface area contributed by atoms with E-state index in [1.807, 2.05) is 13.8 Å². The Kier molecular flexibility index (Phi) is 7.29. The van der Waals surface area contributed by atoms with Crippen molar-refractivity contribution in [3.8, 4) is 0 Å². The van der Waals surface area contributed by atoms with Crippen LogP contribution >= 0.6 is 0 Å². The molecular formula is C11H24O2. The average Bonchev–Trinajstić information content (AvgIpc) is 2.14. The van der Waals surface area contributed by atoms with E-state index in [9.17, 15) is 5.11 Å². The van der Waals surface area contributed by atoms with E-state index in [-0.39, 0.29) is 12.2 Å². The third-order valence-corrected chi connectivity index (χ3v) is 2.70. The molecule has 0 spiro atoms. The molecule has 2 nitrogen and oxygen atoms in total. The summed E-state index contributed by atoms with van der Waals surface area (Å²) >= 11 is 0. The van der Waals surface area contributed by atoms with Crippen LogP contribution in [0.25, 0.3) is 0 Å². The summed E-state index contributed by atoms with van der Waals surface area (Å²) in [4.78, 5) is 0. The lowest BCUT2D eigenvalue weighted by Gasteiger charge is -2.22. The molecule has 0 aliphatic rings. The minimum Gasteiger partial charge on any atom is -0.390 e. The zero-order valence-corrected chi connectivity index (χ0v) is 9.42. The van der Waals surface area contributed by atoms with Crippen LogP contribution in [0.2, 0.25) is 0 Å². The van der Waals surface area contributed by atoms with Gasteiger partial charge in [-0.15, -0.1) is 0 Å². The minimum absolute atomic E-state index is 0.0226. The van der Waals surface area contributed by atoms with Gasteiger partial charge in [-0.05, 0) is 26.2 Å². The third kappa shape index (κ3) is 5.27. The molecule has 80 valence electrons. The molecule has 0 aromatic carbocycles. The van der Waals surface area contributed by atoms with E-state index in [4.69, 9.17) is 4.74 Å². The van der Waals surface area contributed by atoms with Crippen molar-refractivity contribution < 1.29 is 9.84 Å². The number of hydrogen-bond donors (Lipinski definition) is 1. The first-order valence-corrected chi connectivity index (χ1v) is 5.45. The number of hydrogen-bond acceptors (Lipinski definition) is 2. The van der Waals surface area contributed by atoms with E-state index in [2.05, 4.69) is 13.8 Å². The predicted octanol–water partition coefficient (Wildman–Crippen LogP) is 2.60. The maximum Gasteiger partial charge on any atom is 0.0805 e. The summed E-state index contributed by atoms with van der Waals surface area (Å²) in [6, 6.07) is 0. The second-order valence-corrected chi connectivity index (χ2v) is 3.65. The smallest absolute Gasteiger partial charge is 0.0805 e. The van der Waals surface area contributed by atoms with Gasteiger partial charge in [0.2, 0.25) is 0 Å². The summed E-state index contributed by atoms with van der Waals surface area (Å²) < 4.78 is 5.34. The van der Waals surface area contributed by atoms with Crippen molar-refractivity contribution in [3.05, 3.63) is 0 Å². The Labute approximate surface area is 82.3 Å². The van der Waals surface area contributed by atoms with Gasteiger partial charge in [0, 0.05) is 6.61 Å². The predicted molar refractivity (Wildman–Crippen MR) is 55.8 cm³/mol. The summed E-state index contributed by atoms with van der Waals surface area (Å²) in [5.74, 6) is 0.637. The summed E-state index contributed by atoms with van der Waals surface area (Å²) in [7, 11) is 0. The molecule has 0 aliphatic carbocycles. The number of aliphatic hydroxyl groups excluding tert-OH is 1. The molecule has 13 heavy (non-hydrogen) atoms. The van der Waals surface area contributed by atoms with Gasteiger partial charge in [-0.25, -0.2) is 0 Å². The first-order chi connectivity index (χ1) is 6.15. The van der Waals surface area contributed by atoms with Crippen LogP contribution in [-0.4, -0.2) is 23.9 Å². The molecule has 1 N–H and O–H groups in total. The number of ether oxygens (including phenoxy) is 1. The van der Waals surface area contributed by atoms with Crippen molar-refractivity contribution in [2.24, 2.45) is 5.92 Å². The minimum atomic E-state index is -0.301. The Morgan fingerprint density at radius 2 is 1.69 bits per heavy atom. The lowest BCUT2D eigenvalue weighted by molar-refractivity contribution is -0.0317. The van der Waals surface area contributed by atoms with Crippen LogP contribution in [0.1, 0.15) is 47.0 Å². The highest BCUT2D eigenvalue weighted by molar-refractivity contribution is 4.68. The molecule has 0 heterocycles. The zero-order valence-electron chi connectivity index (χ0n) is 9.42. The topological polar surface area (TPSA) is 29.5 Å². The van der Waals surface area contributed by atoms with Gasteiger partial charge in [-0.2, -0.15) is 0 Å². The molecule has 0 saturated heterocycles. The first-order valence-electron chi connectivity index (χ1n) is 5.45. The van der Waals surface area contributed by atoms with Crippen LogP contribution in [0.15, 0.2) is 0 Å². The quantitative estimate of drug-likeness (QED) is 0.665. The standard InChI is InChI=1S/C11H24O2/c1-5-10(6-2)8-11(12)9(4)13-7-3/h9-12H,5-8H2,1-4H3. The van der Waals surface area contributed by atoms with Gasteiger partial charge >= 0.3 is 0 Å². The molecule has 0 radical (unpaired) electrons. The molecule has 2 unspecified atom stereocenters. The summed E-state index contributed by atoms with van der Waals surface area (Å²) in [5.41, 5.74) is 0. The molecule has 0 amide bonds. The van der Waals surface area contributed by atoms with Gasteiger partial charge in [0.25, 0.3) is 0 Å². The van der Waals surface area contributed by atoms with Gasteiger partial charge in [0.05, 0.1) is 12.2 Å². The van der Waals surface area contributed by atoms with E-state index in [1.54, 1.807) is 0 Å². The highest BCUT2D eigenvalue weighted by atomic mass is 16.5. The highest BCUT2D eigenvalue weighted by Crippen LogP contribution is 2.17. The van der Waals surface area contributed by atoms with Crippen LogP contribution in [0.5, 0.6) is 0 Å². The van der Waals surface area contributed by atoms with Crippen LogP contribution < -0.4 is 0 Å². The third-order valence-electron chi connectivity index (χ3n) is 2.70. The first kappa shape index (κ1) is 12.9. The number of aliphatic hydroxyl groups is 1. The van der Waals surface area contributed by atoms with Gasteiger partial charge < -0.3 is 9.84 Å². The Balaban J connectivity index is 3.75. The molecule has 0 fully saturated rings. The molecule has 0 bridgehead atoms. The van der Waals surface area contributed by atoms with E-state index < -0.39 is 0 Å². The maximum absolute atomic E-state index is 9.76. The fourth-order valence-corrected chi connectivity index (χ4v) is 1.53. The maximum atomic E-state index is 9.76. The normalized spacial score (nSPS) is 16.2. The zero-order chi connectivity index (χ0) is 10.3. The Hall–Kier alpha value is -0.0800. The monoisotopic (exact) mass is 188 g/mol. The molecule has 0 aromatic rings. The van der Waals surface area contributed by atoms with Crippen LogP contribution in [0.3, 0.4) is 0 Å². The summed E-state index contributed by atoms with van der Waals surface area (Å²) in [5, 5.41) is 9.76. The molecular weight excluding hydrogens is 164 g/mol. The van der Waals surface area contributed by atoms with Crippen LogP contribution in [0, 0.1) is 5.92 Å². The van der Waals surface area contributed by atoms with Gasteiger partial charge in [0.1, 0.15) is 0 Å². The fraction of sp³-hybridized carbons (Fsp3) is 1.00. The van der Waals surface area contributed by atoms with Crippen molar-refractivity contribution in [1.29, 1.82) is 0 Å². The van der Waals surface area contributed by atoms with Gasteiger partial charge in [-0.1, -0.05) is 26.7 Å². The SMILES string of the molecule is CCOC(C)C(O)CC(CC)CC. The lowest BCUT2D eigenvalue weighted by atomic mass is 9.94. The Morgan fingerprint density at radius 3 is 2.08 bits per heavy atom. The molecule has 0 saturated carbocycles. The molecule has 0 aliphatic heterocycles. The van der Waals surface area contributed by atoms with Crippen LogP contribution in [0.4, 0.5) is 0 Å². The second kappa shape index (κ2) is 7.34. The molecule has 0 rings (SSSR count). The molecule has 2 atom stereocenters. The second-order valence-electron chi connectivity index (χ2n) is 3.65. The lowest BCUT2D eigenvalue weighted by Crippen LogP contribution is -2.28. The van der Waals surface area contributed by atoms with Gasteiger partial charge in [0.15, 0.2) is 0 Å². The van der Waals surface area contributed by atoms with E-state index in [0.29, 0.717) is 12.5 Å². The molecule has 0 aromatic heterocycles. The summed E-state index contributed by atoms with van der Waals surface area (Å²) in [6.45, 7) is 8.93. The van der Waals surface area contributed by atoms with Crippen molar-refractivity contribution in [2.75, 3.05) is 6.61 Å². The molecule has 2 heteroatoms. The largest absolute Gasteiger partial charge is 0.390 e. The average molecular weight is 188 g/mol. The summed E-state index contributed by atoms with van der Waals surface area (Å²) in [6.07, 6.45) is 2.84. The fourth-order valence-electron chi connectivity index (χ4n) is 1.53. The number of rotatable bonds is 7. The van der Waals surface area contributed by atoms with Crippen molar-refractivity contribution in [1.82, 2.24) is 0 Å². The van der Waals surface area contributed by atoms with E-state index in [1.165, 1.54) is 0 Å². The van der Waals surface area contributed by atoms with Crippen molar-refractivity contribution in [3.63, 3.8) is 0 Å². The van der Waals surface area contributed by atoms with Gasteiger partial charge in [-0.3, -0.25) is 0 Å². The van der Waals surface area contributed by atoms with Crippen molar-refractivity contribution >= 4 is 0 Å². The van der Waals surface area contributed by atoms with E-state index >= 15 is 0 Å². The Bertz CT molecular complexity index is 111.